The van der Waals surface area contributed by atoms with Gasteiger partial charge in [-0.3, -0.25) is 4.79 Å². The molecule has 1 atom stereocenters. The first-order valence-electron chi connectivity index (χ1n) is 7.28. The molecule has 0 bridgehead atoms. The van der Waals surface area contributed by atoms with E-state index in [4.69, 9.17) is 10.00 Å². The molecule has 0 saturated carbocycles. The van der Waals surface area contributed by atoms with Gasteiger partial charge in [0.1, 0.15) is 0 Å². The van der Waals surface area contributed by atoms with Gasteiger partial charge in [0, 0.05) is 0 Å². The van der Waals surface area contributed by atoms with Gasteiger partial charge in [-0.05, 0) is 37.3 Å². The van der Waals surface area contributed by atoms with E-state index >= 15 is 0 Å². The molecular formula is C18H13N3O3. The van der Waals surface area contributed by atoms with Gasteiger partial charge in [-0.15, -0.1) is 0 Å². The van der Waals surface area contributed by atoms with Crippen molar-refractivity contribution in [2.24, 2.45) is 0 Å². The molecule has 0 radical (unpaired) electrons. The second kappa shape index (κ2) is 6.34. The number of nitrogens with zero attached hydrogens (tertiary/aromatic N) is 2. The van der Waals surface area contributed by atoms with E-state index < -0.39 is 12.1 Å². The van der Waals surface area contributed by atoms with Crippen LogP contribution in [0.25, 0.3) is 10.9 Å². The van der Waals surface area contributed by atoms with Crippen LogP contribution in [0.1, 0.15) is 34.8 Å². The molecule has 0 amide bonds. The van der Waals surface area contributed by atoms with E-state index in [9.17, 15) is 9.59 Å². The number of benzene rings is 2. The standard InChI is InChI=1S/C18H13N3O3/c1-11(24-18(23)13-6-4-5-12(9-13)10-19)16-20-15-8-3-2-7-14(15)17(22)21-16/h2-9,11H,1H3,(H,20,21,22)/t11-/m0/s1. The van der Waals surface area contributed by atoms with Gasteiger partial charge in [-0.2, -0.15) is 5.26 Å². The van der Waals surface area contributed by atoms with Gasteiger partial charge in [-0.25, -0.2) is 9.78 Å². The van der Waals surface area contributed by atoms with Crippen LogP contribution in [-0.2, 0) is 4.74 Å². The Hall–Kier alpha value is -3.46. The molecule has 0 spiro atoms. The molecule has 6 heteroatoms. The quantitative estimate of drug-likeness (QED) is 0.749. The summed E-state index contributed by atoms with van der Waals surface area (Å²) in [7, 11) is 0. The molecule has 6 nitrogen and oxygen atoms in total. The Morgan fingerprint density at radius 3 is 2.83 bits per heavy atom. The largest absolute Gasteiger partial charge is 0.451 e. The van der Waals surface area contributed by atoms with Gasteiger partial charge in [-0.1, -0.05) is 18.2 Å². The highest BCUT2D eigenvalue weighted by molar-refractivity contribution is 5.90. The number of aromatic amines is 1. The van der Waals surface area contributed by atoms with Crippen molar-refractivity contribution >= 4 is 16.9 Å². The van der Waals surface area contributed by atoms with E-state index in [1.165, 1.54) is 6.07 Å². The van der Waals surface area contributed by atoms with Crippen LogP contribution in [0.4, 0.5) is 0 Å². The van der Waals surface area contributed by atoms with Crippen molar-refractivity contribution in [2.75, 3.05) is 0 Å². The van der Waals surface area contributed by atoms with Gasteiger partial charge in [0.2, 0.25) is 0 Å². The summed E-state index contributed by atoms with van der Waals surface area (Å²) in [6.45, 7) is 1.62. The number of fused-ring (bicyclic) bond motifs is 1. The number of rotatable bonds is 3. The summed E-state index contributed by atoms with van der Waals surface area (Å²) in [5.74, 6) is -0.320. The van der Waals surface area contributed by atoms with Crippen molar-refractivity contribution in [3.63, 3.8) is 0 Å². The fourth-order valence-electron chi connectivity index (χ4n) is 2.30. The highest BCUT2D eigenvalue weighted by Crippen LogP contribution is 2.17. The second-order valence-corrected chi connectivity index (χ2v) is 5.21. The molecule has 2 aromatic carbocycles. The molecule has 1 N–H and O–H groups in total. The second-order valence-electron chi connectivity index (χ2n) is 5.21. The zero-order valence-corrected chi connectivity index (χ0v) is 12.8. The predicted molar refractivity (Wildman–Crippen MR) is 87.4 cm³/mol. The van der Waals surface area contributed by atoms with Crippen LogP contribution in [0.2, 0.25) is 0 Å². The first-order valence-corrected chi connectivity index (χ1v) is 7.28. The van der Waals surface area contributed by atoms with Gasteiger partial charge in [0.15, 0.2) is 11.9 Å². The highest BCUT2D eigenvalue weighted by Gasteiger charge is 2.17. The van der Waals surface area contributed by atoms with Crippen LogP contribution in [0.5, 0.6) is 0 Å². The number of hydrogen-bond acceptors (Lipinski definition) is 5. The summed E-state index contributed by atoms with van der Waals surface area (Å²) in [5, 5.41) is 9.36. The normalized spacial score (nSPS) is 11.7. The predicted octanol–water partition coefficient (Wildman–Crippen LogP) is 2.71. The average Bonchev–Trinajstić information content (AvgIpc) is 2.61. The average molecular weight is 319 g/mol. The molecule has 0 saturated heterocycles. The van der Waals surface area contributed by atoms with Crippen molar-refractivity contribution in [3.05, 3.63) is 75.8 Å². The van der Waals surface area contributed by atoms with E-state index in [1.54, 1.807) is 49.4 Å². The lowest BCUT2D eigenvalue weighted by molar-refractivity contribution is 0.0320. The van der Waals surface area contributed by atoms with Crippen LogP contribution in [0, 0.1) is 11.3 Å². The maximum absolute atomic E-state index is 12.2. The Kier molecular flexibility index (Phi) is 4.08. The zero-order valence-electron chi connectivity index (χ0n) is 12.8. The highest BCUT2D eigenvalue weighted by atomic mass is 16.5. The van der Waals surface area contributed by atoms with Crippen LogP contribution in [0.15, 0.2) is 53.3 Å². The SMILES string of the molecule is C[C@H](OC(=O)c1cccc(C#N)c1)c1nc2ccccc2c(=O)[nH]1. The fraction of sp³-hybridized carbons (Fsp3) is 0.111. The Labute approximate surface area is 137 Å². The topological polar surface area (TPSA) is 95.8 Å². The van der Waals surface area contributed by atoms with E-state index in [2.05, 4.69) is 9.97 Å². The van der Waals surface area contributed by atoms with Crippen molar-refractivity contribution in [1.29, 1.82) is 5.26 Å². The lowest BCUT2D eigenvalue weighted by Crippen LogP contribution is -2.17. The molecule has 118 valence electrons. The molecule has 3 aromatic rings. The number of esters is 1. The Balaban J connectivity index is 1.87. The first-order chi connectivity index (χ1) is 11.6. The van der Waals surface area contributed by atoms with Crippen LogP contribution < -0.4 is 5.56 Å². The van der Waals surface area contributed by atoms with Crippen molar-refractivity contribution < 1.29 is 9.53 Å². The number of ether oxygens (including phenoxy) is 1. The summed E-state index contributed by atoms with van der Waals surface area (Å²) in [6, 6.07) is 15.1. The van der Waals surface area contributed by atoms with E-state index in [0.29, 0.717) is 16.5 Å². The molecule has 1 heterocycles. The van der Waals surface area contributed by atoms with Crippen molar-refractivity contribution in [2.45, 2.75) is 13.0 Å². The van der Waals surface area contributed by atoms with Gasteiger partial charge >= 0.3 is 5.97 Å². The van der Waals surface area contributed by atoms with Gasteiger partial charge in [0.25, 0.3) is 5.56 Å². The molecule has 0 aliphatic rings. The summed E-state index contributed by atoms with van der Waals surface area (Å²) >= 11 is 0. The number of carbonyl (C=O) groups excluding carboxylic acids is 1. The van der Waals surface area contributed by atoms with Crippen LogP contribution in [0.3, 0.4) is 0 Å². The molecular weight excluding hydrogens is 306 g/mol. The van der Waals surface area contributed by atoms with E-state index in [1.807, 2.05) is 6.07 Å². The minimum Gasteiger partial charge on any atom is -0.451 e. The number of carbonyl (C=O) groups is 1. The molecule has 0 unspecified atom stereocenters. The van der Waals surface area contributed by atoms with Gasteiger partial charge in [0.05, 0.1) is 28.1 Å². The number of nitriles is 1. The number of para-hydroxylation sites is 1. The van der Waals surface area contributed by atoms with E-state index in [-0.39, 0.29) is 16.9 Å². The fourth-order valence-corrected chi connectivity index (χ4v) is 2.30. The Morgan fingerprint density at radius 1 is 1.25 bits per heavy atom. The third kappa shape index (κ3) is 3.01. The summed E-state index contributed by atoms with van der Waals surface area (Å²) in [6.07, 6.45) is -0.736. The molecule has 0 aliphatic heterocycles. The summed E-state index contributed by atoms with van der Waals surface area (Å²) in [4.78, 5) is 31.2. The lowest BCUT2D eigenvalue weighted by Gasteiger charge is -2.13. The number of H-pyrrole nitrogens is 1. The van der Waals surface area contributed by atoms with Crippen LogP contribution >= 0.6 is 0 Å². The molecule has 3 rings (SSSR count). The number of nitrogens with one attached hydrogen (secondary N) is 1. The van der Waals surface area contributed by atoms with Crippen molar-refractivity contribution in [3.8, 4) is 6.07 Å². The number of aromatic nitrogens is 2. The maximum Gasteiger partial charge on any atom is 0.338 e. The smallest absolute Gasteiger partial charge is 0.338 e. The lowest BCUT2D eigenvalue weighted by atomic mass is 10.1. The first kappa shape index (κ1) is 15.4. The maximum atomic E-state index is 12.2. The monoisotopic (exact) mass is 319 g/mol. The molecule has 0 aliphatic carbocycles. The third-order valence-corrected chi connectivity index (χ3v) is 3.53. The molecule has 0 fully saturated rings. The summed E-state index contributed by atoms with van der Waals surface area (Å²) < 4.78 is 5.34. The van der Waals surface area contributed by atoms with Crippen molar-refractivity contribution in [1.82, 2.24) is 9.97 Å². The number of hydrogen-bond donors (Lipinski definition) is 1. The zero-order chi connectivity index (χ0) is 17.1. The summed E-state index contributed by atoms with van der Waals surface area (Å²) in [5.41, 5.74) is 0.883. The molecule has 1 aromatic heterocycles. The third-order valence-electron chi connectivity index (χ3n) is 3.53. The minimum atomic E-state index is -0.736. The van der Waals surface area contributed by atoms with E-state index in [0.717, 1.165) is 0 Å². The van der Waals surface area contributed by atoms with Crippen LogP contribution in [-0.4, -0.2) is 15.9 Å². The molecule has 24 heavy (non-hydrogen) atoms. The Bertz CT molecular complexity index is 1020. The Morgan fingerprint density at radius 2 is 2.04 bits per heavy atom. The van der Waals surface area contributed by atoms with Gasteiger partial charge < -0.3 is 9.72 Å². The minimum absolute atomic E-state index is 0.267.